The summed E-state index contributed by atoms with van der Waals surface area (Å²) in [6, 6.07) is 8.07. The Labute approximate surface area is 107 Å². The number of nitrogens with one attached hydrogen (secondary N) is 1. The molecule has 2 N–H and O–H groups in total. The first-order valence-corrected chi connectivity index (χ1v) is 6.71. The van der Waals surface area contributed by atoms with Crippen molar-refractivity contribution in [3.8, 4) is 5.75 Å². The summed E-state index contributed by atoms with van der Waals surface area (Å²) in [6.45, 7) is 2.59. The van der Waals surface area contributed by atoms with Crippen LogP contribution in [0.3, 0.4) is 0 Å². The van der Waals surface area contributed by atoms with Gasteiger partial charge >= 0.3 is 0 Å². The second kappa shape index (κ2) is 4.32. The van der Waals surface area contributed by atoms with Crippen LogP contribution in [0.4, 0.5) is 0 Å². The molecule has 0 radical (unpaired) electrons. The summed E-state index contributed by atoms with van der Waals surface area (Å²) in [7, 11) is 0. The fraction of sp³-hybridized carbons (Fsp3) is 0.467. The zero-order chi connectivity index (χ0) is 12.6. The zero-order valence-corrected chi connectivity index (χ0v) is 10.7. The SMILES string of the molecule is CCOc1c(C2(O)CCCC2)[nH]c2ccccc12. The van der Waals surface area contributed by atoms with Crippen molar-refractivity contribution < 1.29 is 9.84 Å². The van der Waals surface area contributed by atoms with Crippen LogP contribution in [0.25, 0.3) is 10.9 Å². The minimum atomic E-state index is -0.733. The maximum atomic E-state index is 10.8. The van der Waals surface area contributed by atoms with E-state index in [-0.39, 0.29) is 0 Å². The lowest BCUT2D eigenvalue weighted by Gasteiger charge is -2.22. The standard InChI is InChI=1S/C15H19NO2/c1-2-18-13-11-7-3-4-8-12(11)16-14(13)15(17)9-5-6-10-15/h3-4,7-8,16-17H,2,5-6,9-10H2,1H3. The number of aromatic nitrogens is 1. The van der Waals surface area contributed by atoms with Crippen LogP contribution in [-0.4, -0.2) is 16.7 Å². The molecule has 0 saturated heterocycles. The van der Waals surface area contributed by atoms with Crippen LogP contribution < -0.4 is 4.74 Å². The van der Waals surface area contributed by atoms with Gasteiger partial charge in [0.05, 0.1) is 12.3 Å². The molecule has 3 nitrogen and oxygen atoms in total. The van der Waals surface area contributed by atoms with Gasteiger partial charge in [0, 0.05) is 10.9 Å². The first-order valence-electron chi connectivity index (χ1n) is 6.71. The van der Waals surface area contributed by atoms with Gasteiger partial charge in [0.2, 0.25) is 0 Å². The second-order valence-corrected chi connectivity index (χ2v) is 5.05. The van der Waals surface area contributed by atoms with E-state index in [0.29, 0.717) is 6.61 Å². The quantitative estimate of drug-likeness (QED) is 0.871. The molecule has 0 bridgehead atoms. The highest BCUT2D eigenvalue weighted by Gasteiger charge is 2.37. The lowest BCUT2D eigenvalue weighted by atomic mass is 9.97. The van der Waals surface area contributed by atoms with E-state index in [9.17, 15) is 5.11 Å². The number of rotatable bonds is 3. The van der Waals surface area contributed by atoms with Crippen molar-refractivity contribution >= 4 is 10.9 Å². The molecule has 18 heavy (non-hydrogen) atoms. The summed E-state index contributed by atoms with van der Waals surface area (Å²) in [5.41, 5.74) is 1.17. The molecule has 96 valence electrons. The third-order valence-electron chi connectivity index (χ3n) is 3.84. The number of ether oxygens (including phenoxy) is 1. The van der Waals surface area contributed by atoms with E-state index >= 15 is 0 Å². The summed E-state index contributed by atoms with van der Waals surface area (Å²) in [6.07, 6.45) is 3.80. The first kappa shape index (κ1) is 11.6. The molecular weight excluding hydrogens is 226 g/mol. The third-order valence-corrected chi connectivity index (χ3v) is 3.84. The Hall–Kier alpha value is -1.48. The van der Waals surface area contributed by atoms with Crippen molar-refractivity contribution in [1.29, 1.82) is 0 Å². The highest BCUT2D eigenvalue weighted by atomic mass is 16.5. The van der Waals surface area contributed by atoms with E-state index in [1.165, 1.54) is 0 Å². The molecule has 1 aromatic heterocycles. The molecule has 3 heteroatoms. The Morgan fingerprint density at radius 1 is 1.28 bits per heavy atom. The molecule has 0 aliphatic heterocycles. The van der Waals surface area contributed by atoms with E-state index in [4.69, 9.17) is 4.74 Å². The van der Waals surface area contributed by atoms with Gasteiger partial charge in [-0.1, -0.05) is 25.0 Å². The maximum Gasteiger partial charge on any atom is 0.150 e. The van der Waals surface area contributed by atoms with Crippen LogP contribution in [0.1, 0.15) is 38.3 Å². The first-order chi connectivity index (χ1) is 8.74. The molecule has 1 heterocycles. The average Bonchev–Trinajstić information content (AvgIpc) is 2.96. The van der Waals surface area contributed by atoms with Gasteiger partial charge < -0.3 is 14.8 Å². The van der Waals surface area contributed by atoms with Gasteiger partial charge in [0.1, 0.15) is 5.60 Å². The molecule has 0 unspecified atom stereocenters. The van der Waals surface area contributed by atoms with E-state index < -0.39 is 5.60 Å². The van der Waals surface area contributed by atoms with Gasteiger partial charge in [0.25, 0.3) is 0 Å². The molecule has 1 aliphatic carbocycles. The third kappa shape index (κ3) is 1.70. The number of H-pyrrole nitrogens is 1. The topological polar surface area (TPSA) is 45.2 Å². The fourth-order valence-electron chi connectivity index (χ4n) is 2.95. The molecule has 0 amide bonds. The Morgan fingerprint density at radius 2 is 2.00 bits per heavy atom. The molecule has 0 spiro atoms. The number of para-hydroxylation sites is 1. The number of hydrogen-bond donors (Lipinski definition) is 2. The van der Waals surface area contributed by atoms with Gasteiger partial charge in [-0.25, -0.2) is 0 Å². The lowest BCUT2D eigenvalue weighted by Crippen LogP contribution is -2.22. The van der Waals surface area contributed by atoms with Crippen LogP contribution in [0.5, 0.6) is 5.75 Å². The minimum absolute atomic E-state index is 0.616. The summed E-state index contributed by atoms with van der Waals surface area (Å²) in [4.78, 5) is 3.36. The Morgan fingerprint density at radius 3 is 2.72 bits per heavy atom. The van der Waals surface area contributed by atoms with Crippen LogP contribution >= 0.6 is 0 Å². The number of aliphatic hydroxyl groups is 1. The minimum Gasteiger partial charge on any atom is -0.491 e. The molecule has 1 aliphatic rings. The second-order valence-electron chi connectivity index (χ2n) is 5.05. The Balaban J connectivity index is 2.18. The van der Waals surface area contributed by atoms with E-state index in [2.05, 4.69) is 4.98 Å². The molecule has 0 atom stereocenters. The summed E-state index contributed by atoms with van der Waals surface area (Å²) in [5.74, 6) is 0.831. The van der Waals surface area contributed by atoms with Crippen molar-refractivity contribution in [3.05, 3.63) is 30.0 Å². The van der Waals surface area contributed by atoms with Crippen LogP contribution in [0.15, 0.2) is 24.3 Å². The number of aromatic amines is 1. The van der Waals surface area contributed by atoms with E-state index in [0.717, 1.165) is 48.0 Å². The normalized spacial score (nSPS) is 18.3. The molecule has 1 fully saturated rings. The highest BCUT2D eigenvalue weighted by molar-refractivity contribution is 5.88. The van der Waals surface area contributed by atoms with Gasteiger partial charge in [-0.3, -0.25) is 0 Å². The van der Waals surface area contributed by atoms with Crippen LogP contribution in [-0.2, 0) is 5.60 Å². The molecular formula is C15H19NO2. The predicted molar refractivity (Wildman–Crippen MR) is 71.8 cm³/mol. The van der Waals surface area contributed by atoms with Crippen molar-refractivity contribution in [2.24, 2.45) is 0 Å². The van der Waals surface area contributed by atoms with Crippen molar-refractivity contribution in [1.82, 2.24) is 4.98 Å². The van der Waals surface area contributed by atoms with E-state index in [1.807, 2.05) is 31.2 Å². The summed E-state index contributed by atoms with van der Waals surface area (Å²) < 4.78 is 5.78. The molecule has 1 aromatic carbocycles. The van der Waals surface area contributed by atoms with Crippen LogP contribution in [0, 0.1) is 0 Å². The fourth-order valence-corrected chi connectivity index (χ4v) is 2.95. The average molecular weight is 245 g/mol. The smallest absolute Gasteiger partial charge is 0.150 e. The van der Waals surface area contributed by atoms with Gasteiger partial charge in [-0.05, 0) is 31.9 Å². The number of hydrogen-bond acceptors (Lipinski definition) is 2. The lowest BCUT2D eigenvalue weighted by molar-refractivity contribution is 0.0377. The monoisotopic (exact) mass is 245 g/mol. The summed E-state index contributed by atoms with van der Waals surface area (Å²) >= 11 is 0. The van der Waals surface area contributed by atoms with Crippen LogP contribution in [0.2, 0.25) is 0 Å². The Kier molecular flexibility index (Phi) is 2.78. The van der Waals surface area contributed by atoms with Gasteiger partial charge in [-0.15, -0.1) is 0 Å². The molecule has 1 saturated carbocycles. The number of fused-ring (bicyclic) bond motifs is 1. The predicted octanol–water partition coefficient (Wildman–Crippen LogP) is 3.33. The Bertz CT molecular complexity index is 553. The van der Waals surface area contributed by atoms with Gasteiger partial charge in [0.15, 0.2) is 5.75 Å². The summed E-state index contributed by atoms with van der Waals surface area (Å²) in [5, 5.41) is 11.8. The van der Waals surface area contributed by atoms with E-state index in [1.54, 1.807) is 0 Å². The maximum absolute atomic E-state index is 10.8. The highest BCUT2D eigenvalue weighted by Crippen LogP contribution is 2.44. The van der Waals surface area contributed by atoms with Crippen molar-refractivity contribution in [3.63, 3.8) is 0 Å². The van der Waals surface area contributed by atoms with Crippen molar-refractivity contribution in [2.75, 3.05) is 6.61 Å². The number of benzene rings is 1. The van der Waals surface area contributed by atoms with Crippen molar-refractivity contribution in [2.45, 2.75) is 38.2 Å². The zero-order valence-electron chi connectivity index (χ0n) is 10.7. The molecule has 3 rings (SSSR count). The largest absolute Gasteiger partial charge is 0.491 e. The van der Waals surface area contributed by atoms with Gasteiger partial charge in [-0.2, -0.15) is 0 Å². The molecule has 2 aromatic rings.